The maximum Gasteiger partial charge on any atom is 0.262 e. The van der Waals surface area contributed by atoms with Crippen molar-refractivity contribution < 1.29 is 13.9 Å². The van der Waals surface area contributed by atoms with Crippen molar-refractivity contribution in [2.24, 2.45) is 11.0 Å². The van der Waals surface area contributed by atoms with Crippen molar-refractivity contribution in [2.45, 2.75) is 13.0 Å². The van der Waals surface area contributed by atoms with Gasteiger partial charge < -0.3 is 20.3 Å². The van der Waals surface area contributed by atoms with Crippen molar-refractivity contribution in [3.8, 4) is 5.75 Å². The number of amidine groups is 1. The minimum absolute atomic E-state index is 0.194. The molecule has 0 aliphatic carbocycles. The highest BCUT2D eigenvalue weighted by Crippen LogP contribution is 2.38. The summed E-state index contributed by atoms with van der Waals surface area (Å²) in [6.07, 6.45) is 0. The number of hydrogen-bond acceptors (Lipinski definition) is 6. The minimum atomic E-state index is -0.417. The van der Waals surface area contributed by atoms with Crippen LogP contribution in [0.2, 0.25) is 0 Å². The Balaban J connectivity index is 1.66. The zero-order chi connectivity index (χ0) is 16.0. The van der Waals surface area contributed by atoms with Gasteiger partial charge in [-0.1, -0.05) is 0 Å². The molecule has 1 aromatic rings. The zero-order valence-electron chi connectivity index (χ0n) is 12.7. The molecule has 3 aliphatic rings. The fourth-order valence-corrected chi connectivity index (χ4v) is 2.93. The average Bonchev–Trinajstić information content (AvgIpc) is 2.49. The number of ether oxygens (including phenoxy) is 1. The van der Waals surface area contributed by atoms with Crippen molar-refractivity contribution in [1.29, 1.82) is 0 Å². The molecule has 1 unspecified atom stereocenters. The highest BCUT2D eigenvalue weighted by Gasteiger charge is 2.35. The predicted molar refractivity (Wildman–Crippen MR) is 84.3 cm³/mol. The molecule has 0 spiro atoms. The molecule has 3 N–H and O–H groups in total. The second kappa shape index (κ2) is 5.38. The number of carbonyl (C=O) groups is 1. The van der Waals surface area contributed by atoms with Gasteiger partial charge in [0.2, 0.25) is 0 Å². The van der Waals surface area contributed by atoms with Crippen LogP contribution in [0.1, 0.15) is 6.92 Å². The molecule has 8 heteroatoms. The molecule has 0 saturated carbocycles. The summed E-state index contributed by atoms with van der Waals surface area (Å²) in [5, 5.41) is 10.4. The zero-order valence-corrected chi connectivity index (χ0v) is 12.7. The standard InChI is InChI=1S/C15H18FN5O2/c1-8-15(22)20-19-14-7-23-13-2-10(16)11(3-12(13)21(8)14)18-6-9-4-17-5-9/h2-3,8-9,17-18H,4-7H2,1H3,(H,20,22). The number of nitrogens with one attached hydrogen (secondary N) is 3. The van der Waals surface area contributed by atoms with Crippen molar-refractivity contribution in [2.75, 3.05) is 36.5 Å². The van der Waals surface area contributed by atoms with E-state index in [4.69, 9.17) is 4.74 Å². The number of carbonyl (C=O) groups excluding carboxylic acids is 1. The van der Waals surface area contributed by atoms with E-state index in [9.17, 15) is 9.18 Å². The summed E-state index contributed by atoms with van der Waals surface area (Å²) in [4.78, 5) is 13.7. The van der Waals surface area contributed by atoms with E-state index in [1.54, 1.807) is 17.9 Å². The van der Waals surface area contributed by atoms with E-state index >= 15 is 0 Å². The number of benzene rings is 1. The van der Waals surface area contributed by atoms with Gasteiger partial charge in [0.05, 0.1) is 11.4 Å². The van der Waals surface area contributed by atoms with E-state index in [0.29, 0.717) is 35.4 Å². The molecular formula is C15H18FN5O2. The van der Waals surface area contributed by atoms with Gasteiger partial charge in [-0.25, -0.2) is 9.82 Å². The van der Waals surface area contributed by atoms with Crippen molar-refractivity contribution in [3.63, 3.8) is 0 Å². The number of halogens is 1. The van der Waals surface area contributed by atoms with Gasteiger partial charge >= 0.3 is 0 Å². The lowest BCUT2D eigenvalue weighted by molar-refractivity contribution is -0.122. The van der Waals surface area contributed by atoms with Gasteiger partial charge in [0.15, 0.2) is 5.84 Å². The molecule has 4 rings (SSSR count). The third-order valence-electron chi connectivity index (χ3n) is 4.45. The normalized spacial score (nSPS) is 23.0. The smallest absolute Gasteiger partial charge is 0.262 e. The number of amides is 1. The molecule has 122 valence electrons. The van der Waals surface area contributed by atoms with Crippen LogP contribution in [0, 0.1) is 11.7 Å². The van der Waals surface area contributed by atoms with Crippen LogP contribution in [0.4, 0.5) is 15.8 Å². The van der Waals surface area contributed by atoms with E-state index in [0.717, 1.165) is 13.1 Å². The summed E-state index contributed by atoms with van der Waals surface area (Å²) < 4.78 is 19.8. The monoisotopic (exact) mass is 319 g/mol. The topological polar surface area (TPSA) is 78.0 Å². The van der Waals surface area contributed by atoms with Crippen LogP contribution < -0.4 is 25.7 Å². The average molecular weight is 319 g/mol. The van der Waals surface area contributed by atoms with Crippen molar-refractivity contribution in [1.82, 2.24) is 10.7 Å². The number of fused-ring (bicyclic) bond motifs is 3. The van der Waals surface area contributed by atoms with E-state index < -0.39 is 6.04 Å². The quantitative estimate of drug-likeness (QED) is 0.756. The van der Waals surface area contributed by atoms with Crippen molar-refractivity contribution >= 4 is 23.1 Å². The second-order valence-electron chi connectivity index (χ2n) is 6.04. The summed E-state index contributed by atoms with van der Waals surface area (Å²) in [7, 11) is 0. The fraction of sp³-hybridized carbons (Fsp3) is 0.467. The molecule has 1 fully saturated rings. The Bertz CT molecular complexity index is 689. The van der Waals surface area contributed by atoms with Crippen LogP contribution in [0.5, 0.6) is 5.75 Å². The first-order valence-electron chi connectivity index (χ1n) is 7.70. The van der Waals surface area contributed by atoms with Gasteiger partial charge in [0.1, 0.15) is 24.2 Å². The lowest BCUT2D eigenvalue weighted by atomic mass is 10.0. The highest BCUT2D eigenvalue weighted by molar-refractivity contribution is 6.09. The highest BCUT2D eigenvalue weighted by atomic mass is 19.1. The first kappa shape index (κ1) is 14.3. The van der Waals surface area contributed by atoms with Crippen LogP contribution in [0.15, 0.2) is 17.2 Å². The van der Waals surface area contributed by atoms with Crippen LogP contribution in [-0.4, -0.2) is 44.0 Å². The minimum Gasteiger partial charge on any atom is -0.483 e. The first-order chi connectivity index (χ1) is 11.1. The Kier molecular flexibility index (Phi) is 3.33. The van der Waals surface area contributed by atoms with Gasteiger partial charge in [-0.05, 0) is 13.0 Å². The Morgan fingerprint density at radius 3 is 3.04 bits per heavy atom. The van der Waals surface area contributed by atoms with Crippen LogP contribution in [0.3, 0.4) is 0 Å². The second-order valence-corrected chi connectivity index (χ2v) is 6.04. The third kappa shape index (κ3) is 2.39. The number of anilines is 2. The predicted octanol–water partition coefficient (Wildman–Crippen LogP) is 0.488. The summed E-state index contributed by atoms with van der Waals surface area (Å²) >= 11 is 0. The Morgan fingerprint density at radius 1 is 1.48 bits per heavy atom. The number of nitrogens with zero attached hydrogens (tertiary/aromatic N) is 2. The Morgan fingerprint density at radius 2 is 2.30 bits per heavy atom. The fourth-order valence-electron chi connectivity index (χ4n) is 2.93. The molecule has 0 bridgehead atoms. The molecular weight excluding hydrogens is 301 g/mol. The van der Waals surface area contributed by atoms with Gasteiger partial charge in [-0.2, -0.15) is 5.10 Å². The largest absolute Gasteiger partial charge is 0.483 e. The maximum absolute atomic E-state index is 14.3. The summed E-state index contributed by atoms with van der Waals surface area (Å²) in [6, 6.07) is 2.65. The molecule has 3 heterocycles. The van der Waals surface area contributed by atoms with Gasteiger partial charge in [-0.15, -0.1) is 0 Å². The van der Waals surface area contributed by atoms with E-state index in [2.05, 4.69) is 21.2 Å². The van der Waals surface area contributed by atoms with E-state index in [1.807, 2.05) is 0 Å². The lowest BCUT2D eigenvalue weighted by Gasteiger charge is -2.38. The number of hydrazone groups is 1. The molecule has 1 amide bonds. The lowest BCUT2D eigenvalue weighted by Crippen LogP contribution is -2.55. The van der Waals surface area contributed by atoms with Crippen LogP contribution >= 0.6 is 0 Å². The number of rotatable bonds is 3. The molecule has 1 aromatic carbocycles. The molecule has 1 atom stereocenters. The molecule has 7 nitrogen and oxygen atoms in total. The molecule has 1 saturated heterocycles. The van der Waals surface area contributed by atoms with E-state index in [-0.39, 0.29) is 18.3 Å². The molecule has 0 radical (unpaired) electrons. The van der Waals surface area contributed by atoms with E-state index in [1.165, 1.54) is 6.07 Å². The van der Waals surface area contributed by atoms with Crippen LogP contribution in [-0.2, 0) is 4.79 Å². The Hall–Kier alpha value is -2.35. The number of hydrogen-bond donors (Lipinski definition) is 3. The molecule has 0 aromatic heterocycles. The Labute approximate surface area is 132 Å². The summed E-state index contributed by atoms with van der Waals surface area (Å²) in [6.45, 7) is 4.60. The summed E-state index contributed by atoms with van der Waals surface area (Å²) in [5.74, 6) is 1.01. The van der Waals surface area contributed by atoms with Crippen LogP contribution in [0.25, 0.3) is 0 Å². The maximum atomic E-state index is 14.3. The van der Waals surface area contributed by atoms with Gasteiger partial charge in [0, 0.05) is 31.6 Å². The third-order valence-corrected chi connectivity index (χ3v) is 4.45. The van der Waals surface area contributed by atoms with Crippen molar-refractivity contribution in [3.05, 3.63) is 17.9 Å². The molecule has 23 heavy (non-hydrogen) atoms. The van der Waals surface area contributed by atoms with Gasteiger partial charge in [0.25, 0.3) is 5.91 Å². The SMILES string of the molecule is CC1C(=O)NN=C2COc3cc(F)c(NCC4CNC4)cc3N21. The molecule has 3 aliphatic heterocycles. The van der Waals surface area contributed by atoms with Gasteiger partial charge in [-0.3, -0.25) is 4.79 Å². The first-order valence-corrected chi connectivity index (χ1v) is 7.70. The summed E-state index contributed by atoms with van der Waals surface area (Å²) in [5.41, 5.74) is 3.55.